The van der Waals surface area contributed by atoms with E-state index in [0.717, 1.165) is 30.9 Å². The largest absolute Gasteiger partial charge is 0.353 e. The Bertz CT molecular complexity index is 550. The number of halogens is 2. The van der Waals surface area contributed by atoms with Crippen LogP contribution in [0.2, 0.25) is 10.0 Å². The molecule has 0 aliphatic rings. The fourth-order valence-corrected chi connectivity index (χ4v) is 2.50. The van der Waals surface area contributed by atoms with E-state index in [4.69, 9.17) is 23.2 Å². The third kappa shape index (κ3) is 3.89. The van der Waals surface area contributed by atoms with Crippen LogP contribution in [0.25, 0.3) is 0 Å². The minimum Gasteiger partial charge on any atom is -0.353 e. The van der Waals surface area contributed by atoms with Gasteiger partial charge in [0.2, 0.25) is 0 Å². The van der Waals surface area contributed by atoms with Crippen molar-refractivity contribution in [1.29, 1.82) is 0 Å². The van der Waals surface area contributed by atoms with Gasteiger partial charge in [-0.25, -0.2) is 0 Å². The highest BCUT2D eigenvalue weighted by Crippen LogP contribution is 2.33. The maximum absolute atomic E-state index is 6.20. The second-order valence-electron chi connectivity index (χ2n) is 4.48. The van der Waals surface area contributed by atoms with Crippen molar-refractivity contribution >= 4 is 34.6 Å². The summed E-state index contributed by atoms with van der Waals surface area (Å²) < 4.78 is 0. The van der Waals surface area contributed by atoms with Gasteiger partial charge >= 0.3 is 0 Å². The van der Waals surface area contributed by atoms with Crippen molar-refractivity contribution in [2.45, 2.75) is 13.3 Å². The number of anilines is 2. The lowest BCUT2D eigenvalue weighted by Gasteiger charge is -2.14. The van der Waals surface area contributed by atoms with Crippen LogP contribution in [-0.2, 0) is 6.42 Å². The lowest BCUT2D eigenvalue weighted by Crippen LogP contribution is -2.16. The zero-order valence-electron chi connectivity index (χ0n) is 11.4. The van der Waals surface area contributed by atoms with Gasteiger partial charge < -0.3 is 10.6 Å². The van der Waals surface area contributed by atoms with E-state index in [0.29, 0.717) is 10.0 Å². The summed E-state index contributed by atoms with van der Waals surface area (Å²) in [5, 5.41) is 7.92. The van der Waals surface area contributed by atoms with Crippen LogP contribution in [0.3, 0.4) is 0 Å². The molecule has 0 saturated heterocycles. The first-order valence-electron chi connectivity index (χ1n) is 6.72. The predicted molar refractivity (Wildman–Crippen MR) is 88.4 cm³/mol. The molecule has 0 unspecified atom stereocenters. The van der Waals surface area contributed by atoms with Crippen LogP contribution >= 0.6 is 23.2 Å². The summed E-state index contributed by atoms with van der Waals surface area (Å²) >= 11 is 12.4. The van der Waals surface area contributed by atoms with E-state index in [1.165, 1.54) is 5.56 Å². The van der Waals surface area contributed by atoms with Crippen molar-refractivity contribution in [1.82, 2.24) is 5.32 Å². The third-order valence-corrected chi connectivity index (χ3v) is 3.69. The molecule has 0 atom stereocenters. The van der Waals surface area contributed by atoms with E-state index in [9.17, 15) is 0 Å². The van der Waals surface area contributed by atoms with Gasteiger partial charge in [-0.2, -0.15) is 0 Å². The number of hydrogen-bond acceptors (Lipinski definition) is 2. The highest BCUT2D eigenvalue weighted by Gasteiger charge is 2.08. The SMILES string of the molecule is CCNCCc1ccccc1Nc1c(Cl)cccc1Cl. The van der Waals surface area contributed by atoms with Crippen molar-refractivity contribution in [3.05, 3.63) is 58.1 Å². The normalized spacial score (nSPS) is 10.6. The van der Waals surface area contributed by atoms with E-state index < -0.39 is 0 Å². The van der Waals surface area contributed by atoms with Crippen LogP contribution in [0.5, 0.6) is 0 Å². The van der Waals surface area contributed by atoms with Gasteiger partial charge in [-0.15, -0.1) is 0 Å². The molecule has 0 saturated carbocycles. The van der Waals surface area contributed by atoms with Crippen molar-refractivity contribution in [3.8, 4) is 0 Å². The highest BCUT2D eigenvalue weighted by atomic mass is 35.5. The van der Waals surface area contributed by atoms with Crippen LogP contribution < -0.4 is 10.6 Å². The van der Waals surface area contributed by atoms with Gasteiger partial charge in [0.25, 0.3) is 0 Å². The summed E-state index contributed by atoms with van der Waals surface area (Å²) in [6.07, 6.45) is 0.957. The Morgan fingerprint density at radius 2 is 1.65 bits per heavy atom. The predicted octanol–water partition coefficient (Wildman–Crippen LogP) is 4.89. The first-order chi connectivity index (χ1) is 9.72. The molecule has 2 nitrogen and oxygen atoms in total. The van der Waals surface area contributed by atoms with Gasteiger partial charge in [-0.3, -0.25) is 0 Å². The molecule has 2 rings (SSSR count). The Kier molecular flexibility index (Phi) is 5.72. The Morgan fingerprint density at radius 1 is 0.950 bits per heavy atom. The van der Waals surface area contributed by atoms with E-state index in [-0.39, 0.29) is 0 Å². The summed E-state index contributed by atoms with van der Waals surface area (Å²) in [4.78, 5) is 0. The molecule has 0 amide bonds. The number of hydrogen-bond donors (Lipinski definition) is 2. The quantitative estimate of drug-likeness (QED) is 0.742. The number of rotatable bonds is 6. The molecule has 0 heterocycles. The highest BCUT2D eigenvalue weighted by molar-refractivity contribution is 6.39. The molecule has 2 aromatic carbocycles. The molecule has 0 aromatic heterocycles. The number of benzene rings is 2. The summed E-state index contributed by atoms with van der Waals surface area (Å²) in [6.45, 7) is 4.03. The van der Waals surface area contributed by atoms with Crippen LogP contribution in [-0.4, -0.2) is 13.1 Å². The lowest BCUT2D eigenvalue weighted by atomic mass is 10.1. The average molecular weight is 309 g/mol. The minimum atomic E-state index is 0.624. The van der Waals surface area contributed by atoms with Crippen LogP contribution in [0.15, 0.2) is 42.5 Å². The summed E-state index contributed by atoms with van der Waals surface area (Å²) in [6, 6.07) is 13.7. The van der Waals surface area contributed by atoms with E-state index >= 15 is 0 Å². The molecule has 2 N–H and O–H groups in total. The van der Waals surface area contributed by atoms with Crippen LogP contribution in [0.4, 0.5) is 11.4 Å². The zero-order chi connectivity index (χ0) is 14.4. The van der Waals surface area contributed by atoms with Crippen molar-refractivity contribution in [2.75, 3.05) is 18.4 Å². The second kappa shape index (κ2) is 7.53. The van der Waals surface area contributed by atoms with Gasteiger partial charge in [0.15, 0.2) is 0 Å². The molecule has 2 aromatic rings. The number of nitrogens with one attached hydrogen (secondary N) is 2. The second-order valence-corrected chi connectivity index (χ2v) is 5.30. The van der Waals surface area contributed by atoms with Gasteiger partial charge in [-0.1, -0.05) is 54.4 Å². The van der Waals surface area contributed by atoms with Gasteiger partial charge in [0.1, 0.15) is 0 Å². The van der Waals surface area contributed by atoms with Gasteiger partial charge in [0.05, 0.1) is 15.7 Å². The topological polar surface area (TPSA) is 24.1 Å². The maximum Gasteiger partial charge on any atom is 0.0762 e. The van der Waals surface area contributed by atoms with E-state index in [1.807, 2.05) is 36.4 Å². The van der Waals surface area contributed by atoms with Gasteiger partial charge in [-0.05, 0) is 43.3 Å². The molecule has 0 aliphatic carbocycles. The minimum absolute atomic E-state index is 0.624. The first-order valence-corrected chi connectivity index (χ1v) is 7.47. The van der Waals surface area contributed by atoms with Gasteiger partial charge in [0, 0.05) is 5.69 Å². The average Bonchev–Trinajstić information content (AvgIpc) is 2.45. The van der Waals surface area contributed by atoms with E-state index in [1.54, 1.807) is 0 Å². The third-order valence-electron chi connectivity index (χ3n) is 3.06. The molecule has 0 bridgehead atoms. The van der Waals surface area contributed by atoms with Crippen molar-refractivity contribution < 1.29 is 0 Å². The zero-order valence-corrected chi connectivity index (χ0v) is 12.9. The number of likely N-dealkylation sites (N-methyl/N-ethyl adjacent to an activating group) is 1. The van der Waals surface area contributed by atoms with Crippen molar-refractivity contribution in [2.24, 2.45) is 0 Å². The molecule has 0 spiro atoms. The molecule has 4 heteroatoms. The first kappa shape index (κ1) is 15.2. The van der Waals surface area contributed by atoms with Crippen LogP contribution in [0, 0.1) is 0 Å². The molecule has 20 heavy (non-hydrogen) atoms. The number of para-hydroxylation sites is 2. The fourth-order valence-electron chi connectivity index (χ4n) is 2.01. The fraction of sp³-hybridized carbons (Fsp3) is 0.250. The summed E-state index contributed by atoms with van der Waals surface area (Å²) in [5.74, 6) is 0. The molecular formula is C16H18Cl2N2. The summed E-state index contributed by atoms with van der Waals surface area (Å²) in [5.41, 5.74) is 3.04. The summed E-state index contributed by atoms with van der Waals surface area (Å²) in [7, 11) is 0. The van der Waals surface area contributed by atoms with E-state index in [2.05, 4.69) is 23.6 Å². The molecule has 0 fully saturated rings. The molecule has 0 aliphatic heterocycles. The molecule has 106 valence electrons. The molecular weight excluding hydrogens is 291 g/mol. The Labute approximate surface area is 130 Å². The van der Waals surface area contributed by atoms with Crippen molar-refractivity contribution in [3.63, 3.8) is 0 Å². The lowest BCUT2D eigenvalue weighted by molar-refractivity contribution is 0.717. The Morgan fingerprint density at radius 3 is 2.35 bits per heavy atom. The molecule has 0 radical (unpaired) electrons. The Hall–Kier alpha value is -1.22. The smallest absolute Gasteiger partial charge is 0.0762 e. The standard InChI is InChI=1S/C16H18Cl2N2/c1-2-19-11-10-12-6-3-4-9-15(12)20-16-13(17)7-5-8-14(16)18/h3-9,19-20H,2,10-11H2,1H3. The maximum atomic E-state index is 6.20. The Balaban J connectivity index is 2.20. The van der Waals surface area contributed by atoms with Crippen LogP contribution in [0.1, 0.15) is 12.5 Å². The monoisotopic (exact) mass is 308 g/mol.